The van der Waals surface area contributed by atoms with E-state index >= 15 is 0 Å². The fourth-order valence-electron chi connectivity index (χ4n) is 4.39. The van der Waals surface area contributed by atoms with Crippen molar-refractivity contribution in [1.82, 2.24) is 14.7 Å². The zero-order chi connectivity index (χ0) is 24.5. The summed E-state index contributed by atoms with van der Waals surface area (Å²) in [6.45, 7) is 4.30. The molecule has 0 spiro atoms. The molecule has 2 aromatic carbocycles. The molecule has 0 bridgehead atoms. The summed E-state index contributed by atoms with van der Waals surface area (Å²) in [5, 5.41) is 13.7. The summed E-state index contributed by atoms with van der Waals surface area (Å²) in [6.07, 6.45) is 3.87. The lowest BCUT2D eigenvalue weighted by atomic mass is 10.0. The van der Waals surface area contributed by atoms with Crippen LogP contribution in [0.25, 0.3) is 33.3 Å². The van der Waals surface area contributed by atoms with Gasteiger partial charge in [-0.1, -0.05) is 35.5 Å². The van der Waals surface area contributed by atoms with Crippen LogP contribution in [-0.2, 0) is 11.3 Å². The molecule has 5 aromatic rings. The first-order valence-corrected chi connectivity index (χ1v) is 11.1. The van der Waals surface area contributed by atoms with E-state index in [-0.39, 0.29) is 5.97 Å². The van der Waals surface area contributed by atoms with Crippen molar-refractivity contribution in [3.05, 3.63) is 95.1 Å². The van der Waals surface area contributed by atoms with Crippen molar-refractivity contribution in [1.29, 1.82) is 5.26 Å². The number of pyridine rings is 1. The van der Waals surface area contributed by atoms with Gasteiger partial charge in [-0.25, -0.2) is 4.79 Å². The number of rotatable bonds is 5. The van der Waals surface area contributed by atoms with Crippen molar-refractivity contribution < 1.29 is 14.1 Å². The normalized spacial score (nSPS) is 10.9. The Morgan fingerprint density at radius 3 is 2.57 bits per heavy atom. The van der Waals surface area contributed by atoms with Crippen LogP contribution in [0, 0.1) is 25.2 Å². The van der Waals surface area contributed by atoms with E-state index in [1.807, 2.05) is 62.6 Å². The van der Waals surface area contributed by atoms with E-state index in [0.29, 0.717) is 17.7 Å². The number of carbonyl (C=O) groups is 1. The van der Waals surface area contributed by atoms with Crippen LogP contribution in [0.15, 0.2) is 71.5 Å². The lowest BCUT2D eigenvalue weighted by Gasteiger charge is -2.08. The number of hydrogen-bond donors (Lipinski definition) is 0. The molecule has 35 heavy (non-hydrogen) atoms. The van der Waals surface area contributed by atoms with E-state index in [4.69, 9.17) is 14.2 Å². The van der Waals surface area contributed by atoms with Gasteiger partial charge in [0.05, 0.1) is 41.0 Å². The monoisotopic (exact) mass is 462 g/mol. The fraction of sp³-hybridized carbons (Fsp3) is 0.143. The van der Waals surface area contributed by atoms with E-state index in [0.717, 1.165) is 50.3 Å². The topological polar surface area (TPSA) is 93.9 Å². The quantitative estimate of drug-likeness (QED) is 0.312. The molecule has 5 rings (SSSR count). The minimum Gasteiger partial charge on any atom is -0.465 e. The number of aromatic nitrogens is 3. The molecule has 0 fully saturated rings. The maximum atomic E-state index is 11.9. The molecule has 3 aromatic heterocycles. The van der Waals surface area contributed by atoms with Crippen molar-refractivity contribution in [2.24, 2.45) is 0 Å². The Labute approximate surface area is 202 Å². The van der Waals surface area contributed by atoms with Gasteiger partial charge in [0.2, 0.25) is 0 Å². The molecule has 0 unspecified atom stereocenters. The maximum Gasteiger partial charge on any atom is 0.337 e. The van der Waals surface area contributed by atoms with Crippen molar-refractivity contribution in [2.75, 3.05) is 7.11 Å². The molecule has 7 heteroatoms. The predicted octanol–water partition coefficient (Wildman–Crippen LogP) is 5.68. The molecular weight excluding hydrogens is 440 g/mol. The lowest BCUT2D eigenvalue weighted by molar-refractivity contribution is 0.0600. The molecule has 0 aliphatic heterocycles. The average Bonchev–Trinajstić information content (AvgIpc) is 3.42. The van der Waals surface area contributed by atoms with E-state index in [1.54, 1.807) is 12.1 Å². The van der Waals surface area contributed by atoms with Crippen molar-refractivity contribution in [2.45, 2.75) is 20.4 Å². The smallest absolute Gasteiger partial charge is 0.337 e. The minimum absolute atomic E-state index is 0.380. The van der Waals surface area contributed by atoms with Crippen LogP contribution in [0.3, 0.4) is 0 Å². The second kappa shape index (κ2) is 8.92. The van der Waals surface area contributed by atoms with Crippen LogP contribution in [0.4, 0.5) is 0 Å². The highest BCUT2D eigenvalue weighted by Gasteiger charge is 2.18. The second-order valence-electron chi connectivity index (χ2n) is 8.30. The summed E-state index contributed by atoms with van der Waals surface area (Å²) < 4.78 is 12.3. The summed E-state index contributed by atoms with van der Waals surface area (Å²) in [6, 6.07) is 19.2. The molecule has 3 heterocycles. The summed E-state index contributed by atoms with van der Waals surface area (Å²) in [4.78, 5) is 16.7. The first kappa shape index (κ1) is 22.1. The van der Waals surface area contributed by atoms with Gasteiger partial charge in [-0.15, -0.1) is 0 Å². The van der Waals surface area contributed by atoms with Crippen molar-refractivity contribution in [3.8, 4) is 28.3 Å². The third-order valence-electron chi connectivity index (χ3n) is 6.13. The zero-order valence-electron chi connectivity index (χ0n) is 19.6. The first-order valence-electron chi connectivity index (χ1n) is 11.1. The SMILES string of the molecule is COC(=O)c1ccc(-c2cn(Cc3ccccc3C#N)c3cc(-c4c(C)noc4C)cnc23)cc1. The highest BCUT2D eigenvalue weighted by Crippen LogP contribution is 2.34. The molecule has 0 amide bonds. The van der Waals surface area contributed by atoms with Crippen LogP contribution in [0.2, 0.25) is 0 Å². The summed E-state index contributed by atoms with van der Waals surface area (Å²) in [5.74, 6) is 0.351. The number of benzene rings is 2. The van der Waals surface area contributed by atoms with E-state index in [1.165, 1.54) is 7.11 Å². The van der Waals surface area contributed by atoms with E-state index in [9.17, 15) is 10.1 Å². The zero-order valence-corrected chi connectivity index (χ0v) is 19.6. The van der Waals surface area contributed by atoms with Crippen LogP contribution in [0.1, 0.15) is 32.9 Å². The number of carbonyl (C=O) groups excluding carboxylic acids is 1. The molecule has 0 aliphatic carbocycles. The van der Waals surface area contributed by atoms with Gasteiger partial charge < -0.3 is 13.8 Å². The molecule has 172 valence electrons. The number of aryl methyl sites for hydroxylation is 2. The van der Waals surface area contributed by atoms with Crippen LogP contribution in [0.5, 0.6) is 0 Å². The molecule has 0 radical (unpaired) electrons. The number of esters is 1. The molecule has 0 saturated carbocycles. The Bertz CT molecular complexity index is 1580. The summed E-state index contributed by atoms with van der Waals surface area (Å²) in [7, 11) is 1.36. The van der Waals surface area contributed by atoms with Gasteiger partial charge in [0.25, 0.3) is 0 Å². The van der Waals surface area contributed by atoms with Crippen molar-refractivity contribution >= 4 is 17.0 Å². The van der Waals surface area contributed by atoms with Gasteiger partial charge in [-0.2, -0.15) is 5.26 Å². The van der Waals surface area contributed by atoms with Crippen LogP contribution < -0.4 is 0 Å². The van der Waals surface area contributed by atoms with Gasteiger partial charge in [0, 0.05) is 35.6 Å². The maximum absolute atomic E-state index is 11.9. The summed E-state index contributed by atoms with van der Waals surface area (Å²) >= 11 is 0. The average molecular weight is 463 g/mol. The van der Waals surface area contributed by atoms with E-state index in [2.05, 4.69) is 21.9 Å². The molecule has 7 nitrogen and oxygen atoms in total. The third kappa shape index (κ3) is 3.96. The summed E-state index contributed by atoms with van der Waals surface area (Å²) in [5.41, 5.74) is 8.26. The third-order valence-corrected chi connectivity index (χ3v) is 6.13. The minimum atomic E-state index is -0.380. The van der Waals surface area contributed by atoms with Gasteiger partial charge in [-0.05, 0) is 49.2 Å². The number of nitrogens with zero attached hydrogens (tertiary/aromatic N) is 4. The Morgan fingerprint density at radius 2 is 1.89 bits per heavy atom. The Hall–Kier alpha value is -4.70. The van der Waals surface area contributed by atoms with Crippen LogP contribution in [-0.4, -0.2) is 27.8 Å². The molecular formula is C28H22N4O3. The standard InChI is InChI=1S/C28H22N4O3/c1-17-26(18(2)35-31-17)23-12-25-27(30-14-23)24(19-8-10-20(11-9-19)28(33)34-3)16-32(25)15-22-7-5-4-6-21(22)13-29/h4-12,14,16H,15H2,1-3H3. The number of ether oxygens (including phenoxy) is 1. The number of hydrogen-bond acceptors (Lipinski definition) is 6. The molecule has 0 saturated heterocycles. The number of methoxy groups -OCH3 is 1. The van der Waals surface area contributed by atoms with Gasteiger partial charge >= 0.3 is 5.97 Å². The Kier molecular flexibility index (Phi) is 5.63. The predicted molar refractivity (Wildman–Crippen MR) is 132 cm³/mol. The molecule has 0 aliphatic rings. The van der Waals surface area contributed by atoms with Gasteiger partial charge in [-0.3, -0.25) is 4.98 Å². The fourth-order valence-corrected chi connectivity index (χ4v) is 4.39. The van der Waals surface area contributed by atoms with Gasteiger partial charge in [0.1, 0.15) is 5.76 Å². The number of nitriles is 1. The largest absolute Gasteiger partial charge is 0.465 e. The first-order chi connectivity index (χ1) is 17.0. The lowest BCUT2D eigenvalue weighted by Crippen LogP contribution is -2.00. The van der Waals surface area contributed by atoms with Crippen molar-refractivity contribution in [3.63, 3.8) is 0 Å². The number of fused-ring (bicyclic) bond motifs is 1. The van der Waals surface area contributed by atoms with Crippen LogP contribution >= 0.6 is 0 Å². The highest BCUT2D eigenvalue weighted by atomic mass is 16.5. The van der Waals surface area contributed by atoms with Gasteiger partial charge in [0.15, 0.2) is 0 Å². The molecule has 0 N–H and O–H groups in total. The Balaban J connectivity index is 1.68. The van der Waals surface area contributed by atoms with E-state index < -0.39 is 0 Å². The highest BCUT2D eigenvalue weighted by molar-refractivity contribution is 5.96. The Morgan fingerprint density at radius 1 is 1.11 bits per heavy atom. The second-order valence-corrected chi connectivity index (χ2v) is 8.30. The molecule has 0 atom stereocenters.